The number of benzene rings is 1. The normalized spacial score (nSPS) is 16.0. The standard InChI is InChI=1S/C20H25N3O5S2/c24-19(21-8-9-23-10-12-28-13-11-23)20(25)22-15-18(17-7-4-14-29-17)30(26,27)16-5-2-1-3-6-16/h1-7,14,18H,8-13,15H2,(H,21,24)(H,22,25). The average molecular weight is 452 g/mol. The van der Waals surface area contributed by atoms with Gasteiger partial charge >= 0.3 is 11.8 Å². The lowest BCUT2D eigenvalue weighted by molar-refractivity contribution is -0.139. The van der Waals surface area contributed by atoms with Gasteiger partial charge in [0, 0.05) is 37.6 Å². The molecule has 1 aromatic carbocycles. The van der Waals surface area contributed by atoms with Gasteiger partial charge in [-0.15, -0.1) is 11.3 Å². The number of ether oxygens (including phenoxy) is 1. The number of amides is 2. The van der Waals surface area contributed by atoms with Gasteiger partial charge in [0.25, 0.3) is 0 Å². The third-order valence-corrected chi connectivity index (χ3v) is 8.01. The Balaban J connectivity index is 1.57. The van der Waals surface area contributed by atoms with Crippen LogP contribution in [-0.2, 0) is 24.2 Å². The minimum atomic E-state index is -3.73. The highest BCUT2D eigenvalue weighted by molar-refractivity contribution is 7.91. The molecule has 10 heteroatoms. The lowest BCUT2D eigenvalue weighted by atomic mass is 10.3. The van der Waals surface area contributed by atoms with Crippen molar-refractivity contribution in [3.63, 3.8) is 0 Å². The molecule has 1 aliphatic rings. The summed E-state index contributed by atoms with van der Waals surface area (Å²) in [5.41, 5.74) is 0. The molecular weight excluding hydrogens is 426 g/mol. The molecule has 0 bridgehead atoms. The summed E-state index contributed by atoms with van der Waals surface area (Å²) in [7, 11) is -3.73. The Morgan fingerprint density at radius 3 is 2.40 bits per heavy atom. The third kappa shape index (κ3) is 5.88. The van der Waals surface area contributed by atoms with E-state index in [-0.39, 0.29) is 11.4 Å². The molecule has 1 aromatic heterocycles. The fourth-order valence-electron chi connectivity index (χ4n) is 3.11. The maximum atomic E-state index is 13.1. The summed E-state index contributed by atoms with van der Waals surface area (Å²) in [6.07, 6.45) is 0. The summed E-state index contributed by atoms with van der Waals surface area (Å²) in [5, 5.41) is 5.87. The number of thiophene rings is 1. The second kappa shape index (κ2) is 10.7. The fourth-order valence-corrected chi connectivity index (χ4v) is 5.92. The van der Waals surface area contributed by atoms with Gasteiger partial charge in [0.15, 0.2) is 9.84 Å². The predicted molar refractivity (Wildman–Crippen MR) is 114 cm³/mol. The largest absolute Gasteiger partial charge is 0.379 e. The van der Waals surface area contributed by atoms with E-state index < -0.39 is 26.9 Å². The average Bonchev–Trinajstić information content (AvgIpc) is 3.29. The number of hydrogen-bond acceptors (Lipinski definition) is 7. The number of hydrogen-bond donors (Lipinski definition) is 2. The van der Waals surface area contributed by atoms with Crippen LogP contribution in [-0.4, -0.2) is 71.1 Å². The molecule has 1 saturated heterocycles. The summed E-state index contributed by atoms with van der Waals surface area (Å²) >= 11 is 1.30. The Morgan fingerprint density at radius 1 is 1.03 bits per heavy atom. The van der Waals surface area contributed by atoms with Crippen LogP contribution in [0.15, 0.2) is 52.7 Å². The molecule has 8 nitrogen and oxygen atoms in total. The Bertz CT molecular complexity index is 927. The van der Waals surface area contributed by atoms with E-state index in [1.54, 1.807) is 35.7 Å². The fraction of sp³-hybridized carbons (Fsp3) is 0.400. The maximum absolute atomic E-state index is 13.1. The van der Waals surface area contributed by atoms with E-state index in [4.69, 9.17) is 4.74 Å². The summed E-state index contributed by atoms with van der Waals surface area (Å²) in [6.45, 7) is 3.69. The molecular formula is C20H25N3O5S2. The van der Waals surface area contributed by atoms with Crippen molar-refractivity contribution in [3.05, 3.63) is 52.7 Å². The van der Waals surface area contributed by atoms with Crippen LogP contribution in [0.5, 0.6) is 0 Å². The molecule has 3 rings (SSSR count). The van der Waals surface area contributed by atoms with Crippen LogP contribution < -0.4 is 10.6 Å². The molecule has 2 heterocycles. The molecule has 0 aliphatic carbocycles. The van der Waals surface area contributed by atoms with Gasteiger partial charge in [-0.25, -0.2) is 8.42 Å². The van der Waals surface area contributed by atoms with E-state index in [2.05, 4.69) is 15.5 Å². The lowest BCUT2D eigenvalue weighted by Gasteiger charge is -2.26. The first-order valence-corrected chi connectivity index (χ1v) is 12.1. The van der Waals surface area contributed by atoms with Crippen LogP contribution in [0.2, 0.25) is 0 Å². The van der Waals surface area contributed by atoms with Gasteiger partial charge in [-0.1, -0.05) is 24.3 Å². The van der Waals surface area contributed by atoms with Crippen LogP contribution in [0.3, 0.4) is 0 Å². The van der Waals surface area contributed by atoms with E-state index in [9.17, 15) is 18.0 Å². The van der Waals surface area contributed by atoms with Gasteiger partial charge in [0.05, 0.1) is 18.1 Å². The van der Waals surface area contributed by atoms with Gasteiger partial charge in [-0.2, -0.15) is 0 Å². The first kappa shape index (κ1) is 22.4. The summed E-state index contributed by atoms with van der Waals surface area (Å²) in [4.78, 5) is 27.2. The lowest BCUT2D eigenvalue weighted by Crippen LogP contribution is -2.46. The number of nitrogens with one attached hydrogen (secondary N) is 2. The summed E-state index contributed by atoms with van der Waals surface area (Å²) in [6, 6.07) is 11.6. The Kier molecular flexibility index (Phi) is 7.97. The second-order valence-electron chi connectivity index (χ2n) is 6.78. The first-order chi connectivity index (χ1) is 14.5. The predicted octanol–water partition coefficient (Wildman–Crippen LogP) is 0.828. The zero-order chi connectivity index (χ0) is 21.4. The minimum Gasteiger partial charge on any atom is -0.379 e. The first-order valence-electron chi connectivity index (χ1n) is 9.67. The van der Waals surface area contributed by atoms with E-state index in [1.165, 1.54) is 23.5 Å². The van der Waals surface area contributed by atoms with Crippen molar-refractivity contribution < 1.29 is 22.7 Å². The molecule has 2 aromatic rings. The molecule has 2 amide bonds. The van der Waals surface area contributed by atoms with Gasteiger partial charge in [-0.05, 0) is 23.6 Å². The number of sulfone groups is 1. The molecule has 1 unspecified atom stereocenters. The number of carbonyl (C=O) groups is 2. The Hall–Kier alpha value is -2.27. The van der Waals surface area contributed by atoms with Gasteiger partial charge in [0.1, 0.15) is 5.25 Å². The highest BCUT2D eigenvalue weighted by atomic mass is 32.2. The second-order valence-corrected chi connectivity index (χ2v) is 9.89. The molecule has 1 atom stereocenters. The quantitative estimate of drug-likeness (QED) is 0.576. The summed E-state index contributed by atoms with van der Waals surface area (Å²) in [5.74, 6) is -1.62. The molecule has 0 spiro atoms. The van der Waals surface area contributed by atoms with E-state index >= 15 is 0 Å². The summed E-state index contributed by atoms with van der Waals surface area (Å²) < 4.78 is 31.5. The van der Waals surface area contributed by atoms with Crippen LogP contribution in [0.25, 0.3) is 0 Å². The Morgan fingerprint density at radius 2 is 1.73 bits per heavy atom. The topological polar surface area (TPSA) is 105 Å². The van der Waals surface area contributed by atoms with Crippen LogP contribution in [0.4, 0.5) is 0 Å². The van der Waals surface area contributed by atoms with Crippen LogP contribution >= 0.6 is 11.3 Å². The SMILES string of the molecule is O=C(NCCN1CCOCC1)C(=O)NCC(c1cccs1)S(=O)(=O)c1ccccc1. The van der Waals surface area contributed by atoms with Crippen molar-refractivity contribution in [2.24, 2.45) is 0 Å². The van der Waals surface area contributed by atoms with Crippen molar-refractivity contribution in [2.45, 2.75) is 10.1 Å². The molecule has 1 fully saturated rings. The van der Waals surface area contributed by atoms with Gasteiger partial charge < -0.3 is 15.4 Å². The van der Waals surface area contributed by atoms with E-state index in [1.807, 2.05) is 0 Å². The monoisotopic (exact) mass is 451 g/mol. The number of carbonyl (C=O) groups excluding carboxylic acids is 2. The maximum Gasteiger partial charge on any atom is 0.309 e. The van der Waals surface area contributed by atoms with Crippen molar-refractivity contribution in [1.82, 2.24) is 15.5 Å². The minimum absolute atomic E-state index is 0.174. The van der Waals surface area contributed by atoms with Gasteiger partial charge in [-0.3, -0.25) is 14.5 Å². The van der Waals surface area contributed by atoms with Crippen molar-refractivity contribution in [2.75, 3.05) is 45.9 Å². The zero-order valence-electron chi connectivity index (χ0n) is 16.5. The van der Waals surface area contributed by atoms with Gasteiger partial charge in [0.2, 0.25) is 0 Å². The zero-order valence-corrected chi connectivity index (χ0v) is 18.1. The van der Waals surface area contributed by atoms with Crippen LogP contribution in [0, 0.1) is 0 Å². The molecule has 162 valence electrons. The van der Waals surface area contributed by atoms with Crippen molar-refractivity contribution in [1.29, 1.82) is 0 Å². The molecule has 30 heavy (non-hydrogen) atoms. The van der Waals surface area contributed by atoms with E-state index in [0.717, 1.165) is 13.1 Å². The smallest absolute Gasteiger partial charge is 0.309 e. The molecule has 0 radical (unpaired) electrons. The Labute approximate surface area is 180 Å². The highest BCUT2D eigenvalue weighted by Gasteiger charge is 2.31. The molecule has 1 aliphatic heterocycles. The number of nitrogens with zero attached hydrogens (tertiary/aromatic N) is 1. The number of morpholine rings is 1. The molecule has 2 N–H and O–H groups in total. The van der Waals surface area contributed by atoms with Crippen molar-refractivity contribution in [3.8, 4) is 0 Å². The third-order valence-electron chi connectivity index (χ3n) is 4.78. The molecule has 0 saturated carbocycles. The van der Waals surface area contributed by atoms with E-state index in [0.29, 0.717) is 31.2 Å². The van der Waals surface area contributed by atoms with Crippen LogP contribution in [0.1, 0.15) is 10.1 Å². The highest BCUT2D eigenvalue weighted by Crippen LogP contribution is 2.31. The van der Waals surface area contributed by atoms with Crippen molar-refractivity contribution >= 4 is 33.0 Å². The number of rotatable bonds is 8.